The van der Waals surface area contributed by atoms with Crippen LogP contribution in [0, 0.1) is 18.3 Å². The van der Waals surface area contributed by atoms with Crippen molar-refractivity contribution in [3.8, 4) is 6.07 Å². The molecule has 1 fully saturated rings. The van der Waals surface area contributed by atoms with Gasteiger partial charge < -0.3 is 0 Å². The summed E-state index contributed by atoms with van der Waals surface area (Å²) in [6.45, 7) is 1.64. The third-order valence-corrected chi connectivity index (χ3v) is 3.63. The van der Waals surface area contributed by atoms with E-state index in [4.69, 9.17) is 0 Å². The van der Waals surface area contributed by atoms with Crippen LogP contribution in [0.15, 0.2) is 18.2 Å². The molecule has 0 heterocycles. The summed E-state index contributed by atoms with van der Waals surface area (Å²) in [5.41, 5.74) is -0.290. The van der Waals surface area contributed by atoms with Crippen LogP contribution in [0.1, 0.15) is 42.4 Å². The van der Waals surface area contributed by atoms with Gasteiger partial charge in [-0.25, -0.2) is 0 Å². The van der Waals surface area contributed by atoms with E-state index in [9.17, 15) is 18.4 Å². The van der Waals surface area contributed by atoms with E-state index in [-0.39, 0.29) is 0 Å². The highest BCUT2D eigenvalue weighted by Gasteiger charge is 2.38. The van der Waals surface area contributed by atoms with Crippen LogP contribution in [0.25, 0.3) is 0 Å². The van der Waals surface area contributed by atoms with E-state index in [1.165, 1.54) is 0 Å². The first-order chi connectivity index (χ1) is 8.37. The fourth-order valence-electron chi connectivity index (χ4n) is 2.67. The third-order valence-electron chi connectivity index (χ3n) is 3.63. The molecule has 1 nitrogen and oxygen atoms in total. The van der Waals surface area contributed by atoms with Crippen LogP contribution in [0.3, 0.4) is 0 Å². The van der Waals surface area contributed by atoms with Gasteiger partial charge in [0.05, 0.1) is 17.0 Å². The Morgan fingerprint density at radius 1 is 1.17 bits per heavy atom. The van der Waals surface area contributed by atoms with E-state index in [1.54, 1.807) is 13.0 Å². The molecule has 0 amide bonds. The lowest BCUT2D eigenvalue weighted by Crippen LogP contribution is -2.20. The van der Waals surface area contributed by atoms with E-state index in [0.29, 0.717) is 24.0 Å². The van der Waals surface area contributed by atoms with E-state index in [0.717, 1.165) is 25.0 Å². The number of hydrogen-bond acceptors (Lipinski definition) is 1. The molecule has 2 rings (SSSR count). The van der Waals surface area contributed by atoms with Gasteiger partial charge in [-0.2, -0.15) is 18.4 Å². The number of halogens is 3. The molecule has 0 bridgehead atoms. The highest BCUT2D eigenvalue weighted by atomic mass is 19.4. The van der Waals surface area contributed by atoms with Crippen molar-refractivity contribution in [3.05, 3.63) is 34.9 Å². The molecule has 96 valence electrons. The molecule has 0 spiro atoms. The van der Waals surface area contributed by atoms with Crippen molar-refractivity contribution in [1.29, 1.82) is 5.26 Å². The number of alkyl halides is 3. The Balaban J connectivity index is 2.52. The molecule has 1 aromatic rings. The van der Waals surface area contributed by atoms with E-state index < -0.39 is 17.2 Å². The highest BCUT2D eigenvalue weighted by molar-refractivity contribution is 5.40. The molecule has 0 N–H and O–H groups in total. The molecule has 4 heteroatoms. The molecule has 1 aromatic carbocycles. The quantitative estimate of drug-likeness (QED) is 0.730. The number of aryl methyl sites for hydroxylation is 1. The van der Waals surface area contributed by atoms with Gasteiger partial charge in [-0.1, -0.05) is 24.5 Å². The lowest BCUT2D eigenvalue weighted by molar-refractivity contribution is -0.137. The Morgan fingerprint density at radius 3 is 2.28 bits per heavy atom. The van der Waals surface area contributed by atoms with E-state index in [2.05, 4.69) is 6.07 Å². The maximum atomic E-state index is 12.8. The van der Waals surface area contributed by atoms with Gasteiger partial charge in [-0.15, -0.1) is 0 Å². The molecule has 0 radical (unpaired) electrons. The van der Waals surface area contributed by atoms with Gasteiger partial charge in [-0.05, 0) is 37.5 Å². The van der Waals surface area contributed by atoms with Crippen molar-refractivity contribution in [3.63, 3.8) is 0 Å². The maximum Gasteiger partial charge on any atom is 0.416 e. The summed E-state index contributed by atoms with van der Waals surface area (Å²) in [6, 6.07) is 6.21. The monoisotopic (exact) mass is 253 g/mol. The molecule has 1 aliphatic rings. The van der Waals surface area contributed by atoms with Crippen molar-refractivity contribution in [1.82, 2.24) is 0 Å². The second-order valence-electron chi connectivity index (χ2n) is 4.99. The number of rotatable bonds is 1. The molecule has 1 aliphatic carbocycles. The van der Waals surface area contributed by atoms with Crippen molar-refractivity contribution in [2.75, 3.05) is 0 Å². The predicted octanol–water partition coefficient (Wildman–Crippen LogP) is 4.35. The first kappa shape index (κ1) is 12.9. The normalized spacial score (nSPS) is 18.6. The summed E-state index contributed by atoms with van der Waals surface area (Å²) in [5.74, 6) is 0. The van der Waals surface area contributed by atoms with Crippen molar-refractivity contribution < 1.29 is 13.2 Å². The summed E-state index contributed by atoms with van der Waals surface area (Å²) >= 11 is 0. The minimum atomic E-state index is -4.35. The van der Waals surface area contributed by atoms with Crippen molar-refractivity contribution >= 4 is 0 Å². The van der Waals surface area contributed by atoms with Gasteiger partial charge in [0.2, 0.25) is 0 Å². The fraction of sp³-hybridized carbons (Fsp3) is 0.500. The largest absolute Gasteiger partial charge is 0.416 e. The van der Waals surface area contributed by atoms with Gasteiger partial charge in [0.15, 0.2) is 0 Å². The average molecular weight is 253 g/mol. The van der Waals surface area contributed by atoms with Crippen LogP contribution in [0.2, 0.25) is 0 Å². The van der Waals surface area contributed by atoms with Crippen molar-refractivity contribution in [2.24, 2.45) is 0 Å². The number of benzene rings is 1. The number of nitriles is 1. The molecule has 0 unspecified atom stereocenters. The molecule has 0 atom stereocenters. The highest BCUT2D eigenvalue weighted by Crippen LogP contribution is 2.42. The second kappa shape index (κ2) is 4.31. The lowest BCUT2D eigenvalue weighted by Gasteiger charge is -2.22. The Labute approximate surface area is 104 Å². The average Bonchev–Trinajstić information content (AvgIpc) is 2.76. The van der Waals surface area contributed by atoms with Crippen LogP contribution in [-0.4, -0.2) is 0 Å². The number of nitrogens with zero attached hydrogens (tertiary/aromatic N) is 1. The molecule has 0 aromatic heterocycles. The summed E-state index contributed by atoms with van der Waals surface area (Å²) in [7, 11) is 0. The molecular weight excluding hydrogens is 239 g/mol. The fourth-order valence-corrected chi connectivity index (χ4v) is 2.67. The van der Waals surface area contributed by atoms with Gasteiger partial charge in [0.1, 0.15) is 0 Å². The minimum Gasteiger partial charge on any atom is -0.197 e. The van der Waals surface area contributed by atoms with E-state index >= 15 is 0 Å². The predicted molar refractivity (Wildman–Crippen MR) is 61.9 cm³/mol. The Bertz CT molecular complexity index is 491. The molecule has 0 aliphatic heterocycles. The van der Waals surface area contributed by atoms with Gasteiger partial charge in [0, 0.05) is 0 Å². The summed E-state index contributed by atoms with van der Waals surface area (Å²) in [6.07, 6.45) is -1.23. The molecule has 18 heavy (non-hydrogen) atoms. The summed E-state index contributed by atoms with van der Waals surface area (Å²) < 4.78 is 38.3. The van der Waals surface area contributed by atoms with Crippen LogP contribution in [-0.2, 0) is 11.6 Å². The second-order valence-corrected chi connectivity index (χ2v) is 4.99. The first-order valence-electron chi connectivity index (χ1n) is 5.98. The molecule has 1 saturated carbocycles. The van der Waals surface area contributed by atoms with Crippen molar-refractivity contribution in [2.45, 2.75) is 44.2 Å². The molecule has 0 saturated heterocycles. The van der Waals surface area contributed by atoms with Gasteiger partial charge in [0.25, 0.3) is 0 Å². The smallest absolute Gasteiger partial charge is 0.197 e. The molecular formula is C14H14F3N. The maximum absolute atomic E-state index is 12.8. The Kier molecular flexibility index (Phi) is 3.10. The summed E-state index contributed by atoms with van der Waals surface area (Å²) in [4.78, 5) is 0. The van der Waals surface area contributed by atoms with Crippen LogP contribution in [0.4, 0.5) is 13.2 Å². The lowest BCUT2D eigenvalue weighted by atomic mass is 9.79. The van der Waals surface area contributed by atoms with Crippen LogP contribution in [0.5, 0.6) is 0 Å². The SMILES string of the molecule is Cc1cc(C(F)(F)F)cc(C2(C#N)CCCC2)c1. The zero-order valence-corrected chi connectivity index (χ0v) is 10.1. The standard InChI is InChI=1S/C14H14F3N/c1-10-6-11(8-12(7-10)14(15,16)17)13(9-18)4-2-3-5-13/h6-8H,2-5H2,1H3. The van der Waals surface area contributed by atoms with Gasteiger partial charge in [-0.3, -0.25) is 0 Å². The minimum absolute atomic E-state index is 0.523. The van der Waals surface area contributed by atoms with Crippen LogP contribution < -0.4 is 0 Å². The van der Waals surface area contributed by atoms with E-state index in [1.807, 2.05) is 0 Å². The zero-order valence-electron chi connectivity index (χ0n) is 10.1. The summed E-state index contributed by atoms with van der Waals surface area (Å²) in [5, 5.41) is 9.32. The van der Waals surface area contributed by atoms with Gasteiger partial charge >= 0.3 is 6.18 Å². The number of hydrogen-bond donors (Lipinski definition) is 0. The Hall–Kier alpha value is -1.50. The zero-order chi connectivity index (χ0) is 13.4. The first-order valence-corrected chi connectivity index (χ1v) is 5.98. The third kappa shape index (κ3) is 2.22. The Morgan fingerprint density at radius 2 is 1.78 bits per heavy atom. The topological polar surface area (TPSA) is 23.8 Å². The van der Waals surface area contributed by atoms with Crippen LogP contribution >= 0.6 is 0 Å².